The third-order valence-corrected chi connectivity index (χ3v) is 3.40. The Kier molecular flexibility index (Phi) is 3.97. The van der Waals surface area contributed by atoms with Gasteiger partial charge in [0.2, 0.25) is 0 Å². The Hall–Kier alpha value is -3.27. The van der Waals surface area contributed by atoms with Gasteiger partial charge in [0.05, 0.1) is 5.56 Å². The fourth-order valence-corrected chi connectivity index (χ4v) is 2.31. The predicted octanol–water partition coefficient (Wildman–Crippen LogP) is 4.68. The van der Waals surface area contributed by atoms with Crippen molar-refractivity contribution in [2.75, 3.05) is 0 Å². The standard InChI is InChI=1S/C12H8O2.C7H6O2/c13-10-6-3-5-9-8-4-1-2-7-11(8)14-12(9)10;8-7(9)6-4-2-1-3-5-6/h1-7,13H;1-5H,(H,8,9). The molecule has 0 radical (unpaired) electrons. The summed E-state index contributed by atoms with van der Waals surface area (Å²) < 4.78 is 5.53. The summed E-state index contributed by atoms with van der Waals surface area (Å²) in [7, 11) is 0. The lowest BCUT2D eigenvalue weighted by atomic mass is 10.1. The summed E-state index contributed by atoms with van der Waals surface area (Å²) >= 11 is 0. The minimum Gasteiger partial charge on any atom is -0.504 e. The lowest BCUT2D eigenvalue weighted by Crippen LogP contribution is -1.93. The highest BCUT2D eigenvalue weighted by Crippen LogP contribution is 2.33. The summed E-state index contributed by atoms with van der Waals surface area (Å²) in [5.74, 6) is -0.686. The zero-order valence-electron chi connectivity index (χ0n) is 12.1. The summed E-state index contributed by atoms with van der Waals surface area (Å²) in [6.07, 6.45) is 0. The Morgan fingerprint density at radius 2 is 1.43 bits per heavy atom. The van der Waals surface area contributed by atoms with E-state index in [2.05, 4.69) is 0 Å². The number of aromatic carboxylic acids is 1. The van der Waals surface area contributed by atoms with Gasteiger partial charge in [0, 0.05) is 10.8 Å². The predicted molar refractivity (Wildman–Crippen MR) is 88.8 cm³/mol. The zero-order chi connectivity index (χ0) is 16.2. The first-order valence-corrected chi connectivity index (χ1v) is 7.04. The molecule has 0 unspecified atom stereocenters. The van der Waals surface area contributed by atoms with Crippen LogP contribution in [-0.4, -0.2) is 16.2 Å². The molecule has 0 bridgehead atoms. The Morgan fingerprint density at radius 3 is 2.13 bits per heavy atom. The van der Waals surface area contributed by atoms with Crippen molar-refractivity contribution >= 4 is 27.9 Å². The average Bonchev–Trinajstić information content (AvgIpc) is 2.97. The number of rotatable bonds is 1. The first-order chi connectivity index (χ1) is 11.2. The number of phenols is 1. The van der Waals surface area contributed by atoms with Gasteiger partial charge in [-0.1, -0.05) is 48.5 Å². The molecule has 1 heterocycles. The monoisotopic (exact) mass is 306 g/mol. The minimum absolute atomic E-state index is 0.193. The first-order valence-electron chi connectivity index (χ1n) is 7.04. The van der Waals surface area contributed by atoms with Crippen LogP contribution >= 0.6 is 0 Å². The number of carbonyl (C=O) groups is 1. The molecule has 0 aliphatic heterocycles. The van der Waals surface area contributed by atoms with E-state index in [1.54, 1.807) is 36.4 Å². The average molecular weight is 306 g/mol. The molecule has 114 valence electrons. The van der Waals surface area contributed by atoms with Crippen molar-refractivity contribution in [2.24, 2.45) is 0 Å². The summed E-state index contributed by atoms with van der Waals surface area (Å²) in [6.45, 7) is 0. The van der Waals surface area contributed by atoms with Crippen molar-refractivity contribution in [3.05, 3.63) is 78.4 Å². The quantitative estimate of drug-likeness (QED) is 0.536. The number of furan rings is 1. The van der Waals surface area contributed by atoms with Gasteiger partial charge < -0.3 is 14.6 Å². The lowest BCUT2D eigenvalue weighted by molar-refractivity contribution is 0.0697. The van der Waals surface area contributed by atoms with Crippen molar-refractivity contribution in [3.8, 4) is 5.75 Å². The molecule has 0 saturated heterocycles. The van der Waals surface area contributed by atoms with Gasteiger partial charge in [-0.2, -0.15) is 0 Å². The van der Waals surface area contributed by atoms with Crippen molar-refractivity contribution in [2.45, 2.75) is 0 Å². The molecular weight excluding hydrogens is 292 g/mol. The molecule has 0 fully saturated rings. The Balaban J connectivity index is 0.000000151. The van der Waals surface area contributed by atoms with E-state index in [0.29, 0.717) is 11.1 Å². The van der Waals surface area contributed by atoms with Crippen LogP contribution in [-0.2, 0) is 0 Å². The number of phenolic OH excluding ortho intramolecular Hbond substituents is 1. The van der Waals surface area contributed by atoms with E-state index in [-0.39, 0.29) is 5.75 Å². The third kappa shape index (κ3) is 3.01. The van der Waals surface area contributed by atoms with Crippen LogP contribution in [0.5, 0.6) is 5.75 Å². The first kappa shape index (κ1) is 14.7. The number of para-hydroxylation sites is 2. The fourth-order valence-electron chi connectivity index (χ4n) is 2.31. The highest BCUT2D eigenvalue weighted by Gasteiger charge is 2.08. The van der Waals surface area contributed by atoms with Gasteiger partial charge in [0.25, 0.3) is 0 Å². The molecule has 4 rings (SSSR count). The summed E-state index contributed by atoms with van der Waals surface area (Å²) in [4.78, 5) is 10.2. The number of carboxylic acids is 1. The second-order valence-corrected chi connectivity index (χ2v) is 4.92. The molecule has 1 aromatic heterocycles. The van der Waals surface area contributed by atoms with Crippen LogP contribution in [0.1, 0.15) is 10.4 Å². The second-order valence-electron chi connectivity index (χ2n) is 4.92. The fraction of sp³-hybridized carbons (Fsp3) is 0. The van der Waals surface area contributed by atoms with E-state index in [0.717, 1.165) is 16.4 Å². The molecule has 3 aromatic carbocycles. The van der Waals surface area contributed by atoms with Gasteiger partial charge in [-0.25, -0.2) is 4.79 Å². The molecule has 0 aliphatic rings. The van der Waals surface area contributed by atoms with Crippen LogP contribution in [0, 0.1) is 0 Å². The smallest absolute Gasteiger partial charge is 0.335 e. The van der Waals surface area contributed by atoms with Crippen molar-refractivity contribution in [3.63, 3.8) is 0 Å². The summed E-state index contributed by atoms with van der Waals surface area (Å²) in [6, 6.07) is 21.5. The zero-order valence-corrected chi connectivity index (χ0v) is 12.1. The van der Waals surface area contributed by atoms with Crippen LogP contribution < -0.4 is 0 Å². The van der Waals surface area contributed by atoms with Gasteiger partial charge in [-0.05, 0) is 24.3 Å². The van der Waals surface area contributed by atoms with Crippen LogP contribution in [0.4, 0.5) is 0 Å². The number of carboxylic acid groups (broad SMARTS) is 1. The maximum absolute atomic E-state index is 10.2. The van der Waals surface area contributed by atoms with E-state index < -0.39 is 5.97 Å². The topological polar surface area (TPSA) is 70.7 Å². The second kappa shape index (κ2) is 6.23. The third-order valence-electron chi connectivity index (χ3n) is 3.40. The van der Waals surface area contributed by atoms with E-state index >= 15 is 0 Å². The highest BCUT2D eigenvalue weighted by molar-refractivity contribution is 6.06. The maximum atomic E-state index is 10.2. The van der Waals surface area contributed by atoms with Crippen LogP contribution in [0.2, 0.25) is 0 Å². The Labute approximate surface area is 132 Å². The molecule has 4 aromatic rings. The van der Waals surface area contributed by atoms with Crippen molar-refractivity contribution in [1.29, 1.82) is 0 Å². The van der Waals surface area contributed by atoms with Gasteiger partial charge in [-0.15, -0.1) is 0 Å². The largest absolute Gasteiger partial charge is 0.504 e. The molecular formula is C19H14O4. The van der Waals surface area contributed by atoms with E-state index in [4.69, 9.17) is 9.52 Å². The van der Waals surface area contributed by atoms with Crippen LogP contribution in [0.15, 0.2) is 77.2 Å². The van der Waals surface area contributed by atoms with E-state index in [9.17, 15) is 9.90 Å². The van der Waals surface area contributed by atoms with Crippen LogP contribution in [0.25, 0.3) is 21.9 Å². The van der Waals surface area contributed by atoms with Crippen LogP contribution in [0.3, 0.4) is 0 Å². The van der Waals surface area contributed by atoms with Gasteiger partial charge in [-0.3, -0.25) is 0 Å². The SMILES string of the molecule is O=C(O)c1ccccc1.Oc1cccc2c1oc1ccccc12. The lowest BCUT2D eigenvalue weighted by Gasteiger charge is -1.90. The number of aromatic hydroxyl groups is 1. The number of hydrogen-bond acceptors (Lipinski definition) is 3. The minimum atomic E-state index is -0.879. The normalized spacial score (nSPS) is 10.3. The summed E-state index contributed by atoms with van der Waals surface area (Å²) in [5, 5.41) is 20.0. The molecule has 23 heavy (non-hydrogen) atoms. The van der Waals surface area contributed by atoms with Gasteiger partial charge in [0.15, 0.2) is 11.3 Å². The molecule has 0 spiro atoms. The van der Waals surface area contributed by atoms with E-state index in [1.165, 1.54) is 0 Å². The summed E-state index contributed by atoms with van der Waals surface area (Å²) in [5.41, 5.74) is 1.70. The Morgan fingerprint density at radius 1 is 0.783 bits per heavy atom. The molecule has 4 nitrogen and oxygen atoms in total. The number of hydrogen-bond donors (Lipinski definition) is 2. The molecule has 0 atom stereocenters. The molecule has 2 N–H and O–H groups in total. The van der Waals surface area contributed by atoms with Crippen molar-refractivity contribution < 1.29 is 19.4 Å². The van der Waals surface area contributed by atoms with Crippen molar-refractivity contribution in [1.82, 2.24) is 0 Å². The Bertz CT molecular complexity index is 955. The molecule has 4 heteroatoms. The molecule has 0 aliphatic carbocycles. The maximum Gasteiger partial charge on any atom is 0.335 e. The number of fused-ring (bicyclic) bond motifs is 3. The number of benzene rings is 3. The van der Waals surface area contributed by atoms with E-state index in [1.807, 2.05) is 36.4 Å². The molecule has 0 amide bonds. The molecule has 0 saturated carbocycles. The van der Waals surface area contributed by atoms with Gasteiger partial charge >= 0.3 is 5.97 Å². The van der Waals surface area contributed by atoms with Gasteiger partial charge in [0.1, 0.15) is 5.58 Å². The highest BCUT2D eigenvalue weighted by atomic mass is 16.4.